The Balaban J connectivity index is 1.58. The van der Waals surface area contributed by atoms with E-state index in [4.69, 9.17) is 4.74 Å². The average molecular weight is 535 g/mol. The molecule has 0 fully saturated rings. The van der Waals surface area contributed by atoms with Gasteiger partial charge in [-0.3, -0.25) is 4.79 Å². The fourth-order valence-corrected chi connectivity index (χ4v) is 6.39. The van der Waals surface area contributed by atoms with Gasteiger partial charge in [0.15, 0.2) is 5.03 Å². The van der Waals surface area contributed by atoms with E-state index in [1.807, 2.05) is 41.9 Å². The Morgan fingerprint density at radius 1 is 1.11 bits per heavy atom. The van der Waals surface area contributed by atoms with Crippen molar-refractivity contribution in [2.45, 2.75) is 24.0 Å². The number of esters is 1. The smallest absolute Gasteiger partial charge is 0.321 e. The first-order valence-electron chi connectivity index (χ1n) is 12.2. The minimum atomic E-state index is -4.09. The van der Waals surface area contributed by atoms with Crippen molar-refractivity contribution in [3.8, 4) is 11.1 Å². The molecule has 0 N–H and O–H groups in total. The van der Waals surface area contributed by atoms with Crippen LogP contribution in [-0.2, 0) is 46.6 Å². The number of sulfonamides is 1. The number of nitrogens with zero attached hydrogens (tertiary/aromatic N) is 6. The molecule has 0 unspecified atom stereocenters. The summed E-state index contributed by atoms with van der Waals surface area (Å²) in [5, 5.41) is -0.106. The van der Waals surface area contributed by atoms with Crippen LogP contribution in [-0.4, -0.2) is 64.0 Å². The number of anilines is 1. The molecule has 5 rings (SSSR count). The molecule has 1 aliphatic heterocycles. The summed E-state index contributed by atoms with van der Waals surface area (Å²) in [4.78, 5) is 22.9. The van der Waals surface area contributed by atoms with Crippen molar-refractivity contribution in [3.63, 3.8) is 0 Å². The highest BCUT2D eigenvalue weighted by Crippen LogP contribution is 2.35. The molecule has 3 heterocycles. The van der Waals surface area contributed by atoms with E-state index in [1.165, 1.54) is 23.9 Å². The van der Waals surface area contributed by atoms with Crippen LogP contribution in [0.5, 0.6) is 0 Å². The molecule has 2 aromatic heterocycles. The van der Waals surface area contributed by atoms with Crippen LogP contribution in [0.2, 0.25) is 0 Å². The second-order valence-corrected chi connectivity index (χ2v) is 11.3. The molecule has 0 radical (unpaired) electrons. The van der Waals surface area contributed by atoms with Crippen LogP contribution in [0, 0.1) is 0 Å². The molecular formula is C27H30N6O4S. The van der Waals surface area contributed by atoms with Gasteiger partial charge in [0.05, 0.1) is 32.0 Å². The fraction of sp³-hybridized carbons (Fsp3) is 0.296. The molecule has 0 saturated heterocycles. The molecule has 0 bridgehead atoms. The van der Waals surface area contributed by atoms with Gasteiger partial charge in [-0.05, 0) is 35.2 Å². The lowest BCUT2D eigenvalue weighted by Gasteiger charge is -2.40. The number of ether oxygens (including phenoxy) is 1. The third kappa shape index (κ3) is 5.07. The largest absolute Gasteiger partial charge is 0.468 e. The van der Waals surface area contributed by atoms with E-state index in [0.29, 0.717) is 19.5 Å². The van der Waals surface area contributed by atoms with Crippen LogP contribution in [0.15, 0.2) is 78.6 Å². The Labute approximate surface area is 222 Å². The lowest BCUT2D eigenvalue weighted by atomic mass is 9.93. The van der Waals surface area contributed by atoms with E-state index in [1.54, 1.807) is 24.1 Å². The van der Waals surface area contributed by atoms with Gasteiger partial charge in [-0.1, -0.05) is 36.4 Å². The van der Waals surface area contributed by atoms with Gasteiger partial charge in [0, 0.05) is 44.8 Å². The van der Waals surface area contributed by atoms with Crippen LogP contribution < -0.4 is 4.90 Å². The predicted molar refractivity (Wildman–Crippen MR) is 143 cm³/mol. The van der Waals surface area contributed by atoms with Crippen molar-refractivity contribution in [2.24, 2.45) is 14.1 Å². The number of carbonyl (C=O) groups is 1. The monoisotopic (exact) mass is 534 g/mol. The number of hydrogen-bond donors (Lipinski definition) is 0. The molecule has 0 spiro atoms. The Kier molecular flexibility index (Phi) is 7.04. The van der Waals surface area contributed by atoms with Crippen LogP contribution in [0.3, 0.4) is 0 Å². The van der Waals surface area contributed by atoms with Crippen molar-refractivity contribution in [2.75, 3.05) is 25.1 Å². The zero-order valence-corrected chi connectivity index (χ0v) is 22.4. The molecule has 198 valence electrons. The van der Waals surface area contributed by atoms with E-state index < -0.39 is 28.6 Å². The highest BCUT2D eigenvalue weighted by molar-refractivity contribution is 7.89. The van der Waals surface area contributed by atoms with Gasteiger partial charge in [0.25, 0.3) is 10.0 Å². The first-order chi connectivity index (χ1) is 18.3. The molecule has 4 aromatic rings. The van der Waals surface area contributed by atoms with Gasteiger partial charge in [0.1, 0.15) is 6.54 Å². The van der Waals surface area contributed by atoms with Crippen molar-refractivity contribution < 1.29 is 17.9 Å². The minimum absolute atomic E-state index is 0.106. The summed E-state index contributed by atoms with van der Waals surface area (Å²) in [5.41, 5.74) is 5.11. The van der Waals surface area contributed by atoms with Crippen LogP contribution in [0.4, 0.5) is 5.69 Å². The van der Waals surface area contributed by atoms with Gasteiger partial charge in [-0.25, -0.2) is 18.4 Å². The Hall–Kier alpha value is -3.96. The second-order valence-electron chi connectivity index (χ2n) is 9.45. The highest BCUT2D eigenvalue weighted by Gasteiger charge is 2.39. The molecule has 10 nitrogen and oxygen atoms in total. The normalized spacial score (nSPS) is 15.5. The SMILES string of the molecule is COC(=O)CN([C@H]1Cc2cc(-c3ccccc3)ccc2N(Cc2cncn2C)C1)S(=O)(=O)c1cn(C)cn1. The van der Waals surface area contributed by atoms with Gasteiger partial charge in [0.2, 0.25) is 0 Å². The molecule has 2 aromatic carbocycles. The lowest BCUT2D eigenvalue weighted by Crippen LogP contribution is -2.52. The van der Waals surface area contributed by atoms with Crippen molar-refractivity contribution >= 4 is 21.7 Å². The number of hydrogen-bond acceptors (Lipinski definition) is 7. The minimum Gasteiger partial charge on any atom is -0.468 e. The van der Waals surface area contributed by atoms with E-state index in [2.05, 4.69) is 33.1 Å². The standard InChI is InChI=1S/C27H30N6O4S/c1-30-16-26(29-19-30)38(35,36)33(17-27(34)37-3)23-12-22-11-21(20-7-5-4-6-8-20)9-10-25(22)32(14-23)15-24-13-28-18-31(24)2/h4-11,13,16,18-19,23H,12,14-15,17H2,1-3H3/t23-/m0/s1. The van der Waals surface area contributed by atoms with Crippen molar-refractivity contribution in [1.29, 1.82) is 0 Å². The Bertz CT molecular complexity index is 1550. The maximum absolute atomic E-state index is 13.8. The third-order valence-electron chi connectivity index (χ3n) is 6.86. The van der Waals surface area contributed by atoms with E-state index in [9.17, 15) is 13.2 Å². The lowest BCUT2D eigenvalue weighted by molar-refractivity contribution is -0.141. The molecule has 38 heavy (non-hydrogen) atoms. The van der Waals surface area contributed by atoms with Crippen LogP contribution >= 0.6 is 0 Å². The summed E-state index contributed by atoms with van der Waals surface area (Å²) < 4.78 is 37.2. The first kappa shape index (κ1) is 25.7. The molecule has 1 aliphatic rings. The zero-order valence-electron chi connectivity index (χ0n) is 21.6. The fourth-order valence-electron chi connectivity index (χ4n) is 4.86. The molecular weight excluding hydrogens is 504 g/mol. The molecule has 0 saturated carbocycles. The molecule has 0 amide bonds. The molecule has 1 atom stereocenters. The summed E-state index contributed by atoms with van der Waals surface area (Å²) in [6.45, 7) is 0.500. The summed E-state index contributed by atoms with van der Waals surface area (Å²) >= 11 is 0. The number of methoxy groups -OCH3 is 1. The number of aromatic nitrogens is 4. The van der Waals surface area contributed by atoms with Gasteiger partial charge in [-0.15, -0.1) is 0 Å². The molecule has 0 aliphatic carbocycles. The quantitative estimate of drug-likeness (QED) is 0.320. The van der Waals surface area contributed by atoms with E-state index in [0.717, 1.165) is 28.1 Å². The van der Waals surface area contributed by atoms with E-state index >= 15 is 0 Å². The summed E-state index contributed by atoms with van der Waals surface area (Å²) in [7, 11) is 0.799. The van der Waals surface area contributed by atoms with Crippen LogP contribution in [0.25, 0.3) is 11.1 Å². The first-order valence-corrected chi connectivity index (χ1v) is 13.7. The Morgan fingerprint density at radius 3 is 2.55 bits per heavy atom. The van der Waals surface area contributed by atoms with Crippen molar-refractivity contribution in [1.82, 2.24) is 23.4 Å². The summed E-state index contributed by atoms with van der Waals surface area (Å²) in [6.07, 6.45) is 6.85. The maximum Gasteiger partial charge on any atom is 0.321 e. The number of carbonyl (C=O) groups excluding carboxylic acids is 1. The average Bonchev–Trinajstić information content (AvgIpc) is 3.55. The number of aryl methyl sites for hydroxylation is 2. The second kappa shape index (κ2) is 10.4. The van der Waals surface area contributed by atoms with Crippen molar-refractivity contribution in [3.05, 3.63) is 84.8 Å². The third-order valence-corrected chi connectivity index (χ3v) is 8.64. The summed E-state index contributed by atoms with van der Waals surface area (Å²) in [6, 6.07) is 15.8. The Morgan fingerprint density at radius 2 is 1.89 bits per heavy atom. The highest BCUT2D eigenvalue weighted by atomic mass is 32.2. The van der Waals surface area contributed by atoms with E-state index in [-0.39, 0.29) is 5.03 Å². The number of fused-ring (bicyclic) bond motifs is 1. The molecule has 11 heteroatoms. The van der Waals surface area contributed by atoms with Crippen LogP contribution in [0.1, 0.15) is 11.3 Å². The number of benzene rings is 2. The summed E-state index contributed by atoms with van der Waals surface area (Å²) in [5.74, 6) is -0.633. The number of rotatable bonds is 8. The van der Waals surface area contributed by atoms with Gasteiger partial charge < -0.3 is 18.8 Å². The van der Waals surface area contributed by atoms with Gasteiger partial charge in [-0.2, -0.15) is 4.31 Å². The number of imidazole rings is 2. The topological polar surface area (TPSA) is 103 Å². The zero-order chi connectivity index (χ0) is 26.9. The predicted octanol–water partition coefficient (Wildman–Crippen LogP) is 2.62. The maximum atomic E-state index is 13.8. The van der Waals surface area contributed by atoms with Gasteiger partial charge >= 0.3 is 5.97 Å².